The van der Waals surface area contributed by atoms with Crippen molar-refractivity contribution in [1.82, 2.24) is 5.01 Å². The van der Waals surface area contributed by atoms with E-state index in [1.807, 2.05) is 0 Å². The highest BCUT2D eigenvalue weighted by molar-refractivity contribution is 5.32. The zero-order valence-corrected chi connectivity index (χ0v) is 6.41. The Morgan fingerprint density at radius 2 is 2.58 bits per heavy atom. The molecule has 0 aromatic carbocycles. The van der Waals surface area contributed by atoms with Crippen molar-refractivity contribution in [3.05, 3.63) is 23.9 Å². The van der Waals surface area contributed by atoms with Crippen LogP contribution in [0.25, 0.3) is 0 Å². The maximum atomic E-state index is 9.18. The zero-order valence-electron chi connectivity index (χ0n) is 12.4. The van der Waals surface area contributed by atoms with Crippen LogP contribution < -0.4 is 5.84 Å². The summed E-state index contributed by atoms with van der Waals surface area (Å²) < 4.78 is 44.5. The Kier molecular flexibility index (Phi) is 0.906. The second-order valence-electron chi connectivity index (χ2n) is 2.55. The minimum Gasteiger partial charge on any atom is -0.314 e. The molecule has 3 nitrogen and oxygen atoms in total. The van der Waals surface area contributed by atoms with Gasteiger partial charge in [-0.25, -0.2) is 5.84 Å². The first kappa shape index (κ1) is 3.63. The summed E-state index contributed by atoms with van der Waals surface area (Å²) in [6.45, 7) is -5.64. The zero-order chi connectivity index (χ0) is 14.2. The van der Waals surface area contributed by atoms with Crippen molar-refractivity contribution >= 4 is 0 Å². The summed E-state index contributed by atoms with van der Waals surface area (Å²) in [5.74, 6) is 5.49. The van der Waals surface area contributed by atoms with Gasteiger partial charge in [-0.3, -0.25) is 0 Å². The minimum absolute atomic E-state index is 0.126. The van der Waals surface area contributed by atoms with E-state index in [0.717, 1.165) is 5.01 Å². The van der Waals surface area contributed by atoms with Gasteiger partial charge >= 0.3 is 0 Å². The van der Waals surface area contributed by atoms with Crippen LogP contribution >= 0.6 is 0 Å². The van der Waals surface area contributed by atoms with E-state index in [4.69, 9.17) is 14.1 Å². The van der Waals surface area contributed by atoms with Crippen LogP contribution in [0, 0.1) is 16.7 Å². The molecule has 0 fully saturated rings. The average molecular weight is 169 g/mol. The molecule has 1 rings (SSSR count). The van der Waals surface area contributed by atoms with Crippen molar-refractivity contribution in [1.29, 1.82) is 5.26 Å². The van der Waals surface area contributed by atoms with Gasteiger partial charge in [0.05, 0.1) is 18.0 Å². The molecule has 0 aromatic rings. The summed E-state index contributed by atoms with van der Waals surface area (Å²) in [5.41, 5.74) is -2.70. The van der Waals surface area contributed by atoms with Crippen molar-refractivity contribution in [2.24, 2.45) is 11.3 Å². The first-order valence-corrected chi connectivity index (χ1v) is 3.38. The van der Waals surface area contributed by atoms with E-state index in [2.05, 4.69) is 0 Å². The van der Waals surface area contributed by atoms with Gasteiger partial charge in [-0.05, 0) is 19.3 Å². The fourth-order valence-corrected chi connectivity index (χ4v) is 0.862. The quantitative estimate of drug-likeness (QED) is 0.599. The SMILES string of the molecule is [2H]C([2H])([2H])C(C#N)(C1=CN(N)CC=C1)C([2H])([2H])[2H]. The maximum absolute atomic E-state index is 9.18. The number of allylic oxidation sites excluding steroid dienone is 2. The summed E-state index contributed by atoms with van der Waals surface area (Å²) in [4.78, 5) is 0. The smallest absolute Gasteiger partial charge is 0.0780 e. The maximum Gasteiger partial charge on any atom is 0.0780 e. The molecular weight excluding hydrogens is 150 g/mol. The molecule has 0 aliphatic carbocycles. The molecule has 1 aliphatic rings. The summed E-state index contributed by atoms with van der Waals surface area (Å²) in [5, 5.41) is 10.3. The molecule has 1 heterocycles. The Balaban J connectivity index is 3.49. The Labute approximate surface area is 81.2 Å². The average Bonchev–Trinajstić information content (AvgIpc) is 2.14. The Bertz CT molecular complexity index is 411. The Hall–Kier alpha value is -1.27. The predicted octanol–water partition coefficient (Wildman–Crippen LogP) is 1.17. The van der Waals surface area contributed by atoms with Gasteiger partial charge in [-0.2, -0.15) is 5.26 Å². The molecule has 0 atom stereocenters. The predicted molar refractivity (Wildman–Crippen MR) is 47.5 cm³/mol. The molecule has 1 aliphatic heterocycles. The summed E-state index contributed by atoms with van der Waals surface area (Å²) >= 11 is 0. The van der Waals surface area contributed by atoms with E-state index >= 15 is 0 Å². The minimum atomic E-state index is -2.98. The lowest BCUT2D eigenvalue weighted by Crippen LogP contribution is -2.29. The van der Waals surface area contributed by atoms with Gasteiger partial charge in [0.15, 0.2) is 0 Å². The van der Waals surface area contributed by atoms with Crippen molar-refractivity contribution in [2.75, 3.05) is 6.54 Å². The fourth-order valence-electron chi connectivity index (χ4n) is 0.862. The number of rotatable bonds is 1. The van der Waals surface area contributed by atoms with E-state index in [1.54, 1.807) is 0 Å². The molecule has 0 spiro atoms. The highest BCUT2D eigenvalue weighted by Crippen LogP contribution is 2.27. The molecular formula is C9H13N3. The van der Waals surface area contributed by atoms with Crippen LogP contribution in [-0.4, -0.2) is 11.6 Å². The summed E-state index contributed by atoms with van der Waals surface area (Å²) in [6, 6.07) is 1.46. The summed E-state index contributed by atoms with van der Waals surface area (Å²) in [6.07, 6.45) is 4.02. The second kappa shape index (κ2) is 3.00. The number of hydrogen-bond donors (Lipinski definition) is 1. The monoisotopic (exact) mass is 169 g/mol. The third-order valence-electron chi connectivity index (χ3n) is 1.52. The van der Waals surface area contributed by atoms with E-state index in [0.29, 0.717) is 6.54 Å². The van der Waals surface area contributed by atoms with Crippen molar-refractivity contribution in [3.8, 4) is 6.07 Å². The molecule has 0 saturated heterocycles. The van der Waals surface area contributed by atoms with Crippen LogP contribution in [0.15, 0.2) is 23.9 Å². The van der Waals surface area contributed by atoms with Crippen LogP contribution in [0.3, 0.4) is 0 Å². The van der Waals surface area contributed by atoms with Gasteiger partial charge in [-0.15, -0.1) is 0 Å². The number of nitriles is 1. The van der Waals surface area contributed by atoms with E-state index in [9.17, 15) is 5.26 Å². The van der Waals surface area contributed by atoms with Crippen LogP contribution in [0.2, 0.25) is 0 Å². The van der Waals surface area contributed by atoms with Crippen molar-refractivity contribution < 1.29 is 8.22 Å². The lowest BCUT2D eigenvalue weighted by atomic mass is 9.85. The third kappa shape index (κ3) is 1.66. The third-order valence-corrected chi connectivity index (χ3v) is 1.52. The number of hydrogen-bond acceptors (Lipinski definition) is 3. The normalized spacial score (nSPS) is 26.7. The Morgan fingerprint density at radius 1 is 1.83 bits per heavy atom. The van der Waals surface area contributed by atoms with Gasteiger partial charge in [0.1, 0.15) is 0 Å². The fraction of sp³-hybridized carbons (Fsp3) is 0.444. The molecule has 0 bridgehead atoms. The standard InChI is InChI=1S/C9H13N3/c1-9(2,7-10)8-4-3-5-12(11)6-8/h3-4,6H,5,11H2,1-2H3/i1D3,2D3. The molecule has 0 saturated carbocycles. The molecule has 64 valence electrons. The van der Waals surface area contributed by atoms with Crippen molar-refractivity contribution in [3.63, 3.8) is 0 Å². The van der Waals surface area contributed by atoms with Crippen LogP contribution in [0.5, 0.6) is 0 Å². The second-order valence-corrected chi connectivity index (χ2v) is 2.55. The van der Waals surface area contributed by atoms with Gasteiger partial charge in [0, 0.05) is 14.4 Å². The molecule has 0 radical (unpaired) electrons. The van der Waals surface area contributed by atoms with E-state index in [1.165, 1.54) is 24.4 Å². The molecule has 12 heavy (non-hydrogen) atoms. The number of nitrogens with two attached hydrogens (primary N) is 1. The van der Waals surface area contributed by atoms with Crippen LogP contribution in [0.1, 0.15) is 21.9 Å². The van der Waals surface area contributed by atoms with E-state index in [-0.39, 0.29) is 5.57 Å². The van der Waals surface area contributed by atoms with Crippen molar-refractivity contribution in [2.45, 2.75) is 13.7 Å². The number of hydrazine groups is 1. The first-order chi connectivity index (χ1) is 8.06. The lowest BCUT2D eigenvalue weighted by molar-refractivity contribution is 0.417. The lowest BCUT2D eigenvalue weighted by Gasteiger charge is -2.23. The van der Waals surface area contributed by atoms with Gasteiger partial charge in [-0.1, -0.05) is 12.2 Å². The molecule has 2 N–H and O–H groups in total. The van der Waals surface area contributed by atoms with Gasteiger partial charge in [0.25, 0.3) is 0 Å². The van der Waals surface area contributed by atoms with E-state index < -0.39 is 19.1 Å². The molecule has 0 aromatic heterocycles. The van der Waals surface area contributed by atoms with Crippen LogP contribution in [0.4, 0.5) is 0 Å². The topological polar surface area (TPSA) is 53.0 Å². The highest BCUT2D eigenvalue weighted by atomic mass is 15.4. The molecule has 0 amide bonds. The molecule has 3 heteroatoms. The highest BCUT2D eigenvalue weighted by Gasteiger charge is 2.22. The van der Waals surface area contributed by atoms with Crippen LogP contribution in [-0.2, 0) is 0 Å². The van der Waals surface area contributed by atoms with Gasteiger partial charge in [0.2, 0.25) is 0 Å². The number of nitrogens with zero attached hydrogens (tertiary/aromatic N) is 2. The Morgan fingerprint density at radius 3 is 3.08 bits per heavy atom. The first-order valence-electron chi connectivity index (χ1n) is 6.38. The summed E-state index contributed by atoms with van der Waals surface area (Å²) in [7, 11) is 0. The largest absolute Gasteiger partial charge is 0.314 e. The molecule has 0 unspecified atom stereocenters. The van der Waals surface area contributed by atoms with Gasteiger partial charge < -0.3 is 5.01 Å².